The first kappa shape index (κ1) is 14.3. The maximum absolute atomic E-state index is 11.8. The van der Waals surface area contributed by atoms with Gasteiger partial charge in [0.25, 0.3) is 0 Å². The van der Waals surface area contributed by atoms with Crippen LogP contribution in [0.4, 0.5) is 23.7 Å². The van der Waals surface area contributed by atoms with E-state index >= 15 is 0 Å². The molecule has 0 aliphatic heterocycles. The van der Waals surface area contributed by atoms with E-state index < -0.39 is 18.9 Å². The molecule has 17 heavy (non-hydrogen) atoms. The normalized spacial score (nSPS) is 11.1. The average molecular weight is 377 g/mol. The van der Waals surface area contributed by atoms with Crippen molar-refractivity contribution in [1.82, 2.24) is 0 Å². The van der Waals surface area contributed by atoms with E-state index in [0.717, 1.165) is 0 Å². The molecule has 1 rings (SSSR count). The summed E-state index contributed by atoms with van der Waals surface area (Å²) < 4.78 is 40.4. The van der Waals surface area contributed by atoms with E-state index in [1.807, 2.05) is 0 Å². The second-order valence-electron chi connectivity index (χ2n) is 2.91. The molecular weight excluding hydrogens is 371 g/mol. The van der Waals surface area contributed by atoms with Crippen molar-refractivity contribution < 1.29 is 22.7 Å². The third-order valence-electron chi connectivity index (χ3n) is 1.56. The SMILES string of the molecule is O=C(Nc1c(Br)cccc1Br)OCC(F)(F)F. The average Bonchev–Trinajstić information content (AvgIpc) is 2.20. The Hall–Kier alpha value is -0.760. The van der Waals surface area contributed by atoms with E-state index in [4.69, 9.17) is 0 Å². The van der Waals surface area contributed by atoms with Gasteiger partial charge in [-0.3, -0.25) is 5.32 Å². The van der Waals surface area contributed by atoms with Crippen molar-refractivity contribution in [2.24, 2.45) is 0 Å². The summed E-state index contributed by atoms with van der Waals surface area (Å²) in [4.78, 5) is 11.1. The minimum Gasteiger partial charge on any atom is -0.440 e. The molecule has 0 fully saturated rings. The Morgan fingerprint density at radius 2 is 1.82 bits per heavy atom. The van der Waals surface area contributed by atoms with Crippen LogP contribution in [0.3, 0.4) is 0 Å². The first-order valence-electron chi connectivity index (χ1n) is 4.24. The Morgan fingerprint density at radius 1 is 1.29 bits per heavy atom. The number of nitrogens with one attached hydrogen (secondary N) is 1. The summed E-state index contributed by atoms with van der Waals surface area (Å²) in [5, 5.41) is 2.20. The lowest BCUT2D eigenvalue weighted by Gasteiger charge is -2.11. The number of carbonyl (C=O) groups is 1. The van der Waals surface area contributed by atoms with Gasteiger partial charge in [0.1, 0.15) is 0 Å². The van der Waals surface area contributed by atoms with Crippen molar-refractivity contribution in [2.45, 2.75) is 6.18 Å². The third-order valence-corrected chi connectivity index (χ3v) is 2.88. The molecule has 1 amide bonds. The number of alkyl halides is 3. The number of ether oxygens (including phenoxy) is 1. The van der Waals surface area contributed by atoms with E-state index in [0.29, 0.717) is 14.6 Å². The van der Waals surface area contributed by atoms with Gasteiger partial charge in [-0.25, -0.2) is 4.79 Å². The molecule has 0 heterocycles. The molecule has 0 aromatic heterocycles. The van der Waals surface area contributed by atoms with Gasteiger partial charge in [0.05, 0.1) is 5.69 Å². The van der Waals surface area contributed by atoms with Crippen molar-refractivity contribution >= 4 is 43.6 Å². The Kier molecular flexibility index (Phi) is 4.81. The zero-order valence-corrected chi connectivity index (χ0v) is 11.3. The van der Waals surface area contributed by atoms with Gasteiger partial charge in [-0.1, -0.05) is 6.07 Å². The summed E-state index contributed by atoms with van der Waals surface area (Å²) in [5.74, 6) is 0. The molecule has 1 aromatic rings. The van der Waals surface area contributed by atoms with Crippen molar-refractivity contribution in [3.05, 3.63) is 27.1 Å². The molecular formula is C9H6Br2F3NO2. The molecule has 94 valence electrons. The highest BCUT2D eigenvalue weighted by molar-refractivity contribution is 9.11. The Morgan fingerprint density at radius 3 is 2.29 bits per heavy atom. The second-order valence-corrected chi connectivity index (χ2v) is 4.62. The van der Waals surface area contributed by atoms with Crippen LogP contribution in [0.15, 0.2) is 27.1 Å². The maximum Gasteiger partial charge on any atom is 0.422 e. The van der Waals surface area contributed by atoms with Crippen LogP contribution in [0, 0.1) is 0 Å². The van der Waals surface area contributed by atoms with Gasteiger partial charge in [0, 0.05) is 8.95 Å². The fraction of sp³-hybridized carbons (Fsp3) is 0.222. The number of benzene rings is 1. The summed E-state index contributed by atoms with van der Waals surface area (Å²) in [6.07, 6.45) is -5.71. The first-order valence-corrected chi connectivity index (χ1v) is 5.83. The van der Waals surface area contributed by atoms with Gasteiger partial charge in [-0.05, 0) is 44.0 Å². The lowest BCUT2D eigenvalue weighted by molar-refractivity contribution is -0.159. The monoisotopic (exact) mass is 375 g/mol. The predicted molar refractivity (Wildman–Crippen MR) is 62.9 cm³/mol. The largest absolute Gasteiger partial charge is 0.440 e. The lowest BCUT2D eigenvalue weighted by Crippen LogP contribution is -2.23. The predicted octanol–water partition coefficient (Wildman–Crippen LogP) is 4.32. The maximum atomic E-state index is 11.8. The van der Waals surface area contributed by atoms with Crippen LogP contribution in [-0.4, -0.2) is 18.9 Å². The highest BCUT2D eigenvalue weighted by Gasteiger charge is 2.29. The van der Waals surface area contributed by atoms with E-state index in [-0.39, 0.29) is 0 Å². The van der Waals surface area contributed by atoms with Gasteiger partial charge >= 0.3 is 12.3 Å². The van der Waals surface area contributed by atoms with Crippen molar-refractivity contribution in [1.29, 1.82) is 0 Å². The highest BCUT2D eigenvalue weighted by Crippen LogP contribution is 2.30. The molecule has 0 unspecified atom stereocenters. The number of para-hydroxylation sites is 1. The molecule has 0 aliphatic carbocycles. The van der Waals surface area contributed by atoms with Crippen LogP contribution in [0.25, 0.3) is 0 Å². The number of halogens is 5. The molecule has 3 nitrogen and oxygen atoms in total. The second kappa shape index (κ2) is 5.72. The fourth-order valence-corrected chi connectivity index (χ4v) is 2.10. The number of anilines is 1. The quantitative estimate of drug-likeness (QED) is 0.834. The Labute approximate surface area is 112 Å². The van der Waals surface area contributed by atoms with Gasteiger partial charge in [0.15, 0.2) is 6.61 Å². The van der Waals surface area contributed by atoms with E-state index in [1.54, 1.807) is 18.2 Å². The molecule has 0 saturated heterocycles. The zero-order valence-electron chi connectivity index (χ0n) is 8.15. The van der Waals surface area contributed by atoms with Crippen molar-refractivity contribution in [2.75, 3.05) is 11.9 Å². The molecule has 1 aromatic carbocycles. The third kappa shape index (κ3) is 4.95. The summed E-state index contributed by atoms with van der Waals surface area (Å²) >= 11 is 6.29. The minimum atomic E-state index is -4.54. The number of amides is 1. The molecule has 0 aliphatic rings. The number of carbonyl (C=O) groups excluding carboxylic acids is 1. The molecule has 0 saturated carbocycles. The minimum absolute atomic E-state index is 0.305. The number of hydrogen-bond acceptors (Lipinski definition) is 2. The summed E-state index contributed by atoms with van der Waals surface area (Å²) in [7, 11) is 0. The molecule has 8 heteroatoms. The van der Waals surface area contributed by atoms with Crippen LogP contribution in [0.2, 0.25) is 0 Å². The van der Waals surface area contributed by atoms with Crippen LogP contribution in [0.1, 0.15) is 0 Å². The van der Waals surface area contributed by atoms with E-state index in [1.165, 1.54) is 0 Å². The van der Waals surface area contributed by atoms with Crippen molar-refractivity contribution in [3.8, 4) is 0 Å². The molecule has 0 atom stereocenters. The standard InChI is InChI=1S/C9H6Br2F3NO2/c10-5-2-1-3-6(11)7(5)15-8(16)17-4-9(12,13)14/h1-3H,4H2,(H,15,16). The fourth-order valence-electron chi connectivity index (χ4n) is 0.903. The molecule has 0 radical (unpaired) electrons. The van der Waals surface area contributed by atoms with Gasteiger partial charge < -0.3 is 4.74 Å². The number of rotatable bonds is 2. The van der Waals surface area contributed by atoms with Gasteiger partial charge in [-0.2, -0.15) is 13.2 Å². The summed E-state index contributed by atoms with van der Waals surface area (Å²) in [6.45, 7) is -1.62. The topological polar surface area (TPSA) is 38.3 Å². The van der Waals surface area contributed by atoms with Crippen molar-refractivity contribution in [3.63, 3.8) is 0 Å². The Bertz CT molecular complexity index is 403. The van der Waals surface area contributed by atoms with Crippen LogP contribution in [0.5, 0.6) is 0 Å². The van der Waals surface area contributed by atoms with Gasteiger partial charge in [0.2, 0.25) is 0 Å². The smallest absolute Gasteiger partial charge is 0.422 e. The van der Waals surface area contributed by atoms with Crippen LogP contribution < -0.4 is 5.32 Å². The molecule has 0 spiro atoms. The van der Waals surface area contributed by atoms with Crippen LogP contribution in [-0.2, 0) is 4.74 Å². The number of hydrogen-bond donors (Lipinski definition) is 1. The highest BCUT2D eigenvalue weighted by atomic mass is 79.9. The molecule has 0 bridgehead atoms. The van der Waals surface area contributed by atoms with E-state index in [9.17, 15) is 18.0 Å². The lowest BCUT2D eigenvalue weighted by atomic mass is 10.3. The zero-order chi connectivity index (χ0) is 13.1. The Balaban J connectivity index is 2.63. The van der Waals surface area contributed by atoms with Gasteiger partial charge in [-0.15, -0.1) is 0 Å². The summed E-state index contributed by atoms with van der Waals surface area (Å²) in [5.41, 5.74) is 0.305. The van der Waals surface area contributed by atoms with Crippen LogP contribution >= 0.6 is 31.9 Å². The first-order chi connectivity index (χ1) is 7.79. The van der Waals surface area contributed by atoms with E-state index in [2.05, 4.69) is 41.9 Å². The molecule has 1 N–H and O–H groups in total. The summed E-state index contributed by atoms with van der Waals surface area (Å²) in [6, 6.07) is 4.95.